The van der Waals surface area contributed by atoms with Crippen molar-refractivity contribution < 1.29 is 23.8 Å². The average molecular weight is 480 g/mol. The van der Waals surface area contributed by atoms with Gasteiger partial charge in [-0.1, -0.05) is 26.0 Å². The van der Waals surface area contributed by atoms with Gasteiger partial charge >= 0.3 is 0 Å². The van der Waals surface area contributed by atoms with E-state index in [1.54, 1.807) is 38.5 Å². The van der Waals surface area contributed by atoms with Gasteiger partial charge in [0.05, 0.1) is 44.1 Å². The van der Waals surface area contributed by atoms with Crippen LogP contribution in [0.5, 0.6) is 17.2 Å². The minimum atomic E-state index is -0.589. The predicted molar refractivity (Wildman–Crippen MR) is 133 cm³/mol. The van der Waals surface area contributed by atoms with Crippen molar-refractivity contribution >= 4 is 17.5 Å². The van der Waals surface area contributed by atoms with Crippen LogP contribution in [0.4, 0.5) is 0 Å². The van der Waals surface area contributed by atoms with Gasteiger partial charge in [-0.05, 0) is 43.2 Å². The van der Waals surface area contributed by atoms with Gasteiger partial charge in [0, 0.05) is 25.1 Å². The topological polar surface area (TPSA) is 80.7 Å². The Morgan fingerprint density at radius 2 is 1.60 bits per heavy atom. The maximum Gasteiger partial charge on any atom is 0.257 e. The van der Waals surface area contributed by atoms with E-state index < -0.39 is 5.41 Å². The van der Waals surface area contributed by atoms with Crippen molar-refractivity contribution in [2.45, 2.75) is 39.2 Å². The number of benzene rings is 2. The smallest absolute Gasteiger partial charge is 0.257 e. The van der Waals surface area contributed by atoms with Crippen LogP contribution in [0.1, 0.15) is 49.0 Å². The zero-order valence-electron chi connectivity index (χ0n) is 21.0. The summed E-state index contributed by atoms with van der Waals surface area (Å²) in [5, 5.41) is 6.47. The first-order valence-electron chi connectivity index (χ1n) is 11.8. The molecule has 0 spiro atoms. The Balaban J connectivity index is 1.54. The summed E-state index contributed by atoms with van der Waals surface area (Å²) in [5.41, 5.74) is 1.70. The molecule has 1 saturated heterocycles. The lowest BCUT2D eigenvalue weighted by atomic mass is 9.82. The second-order valence-corrected chi connectivity index (χ2v) is 9.55. The summed E-state index contributed by atoms with van der Waals surface area (Å²) >= 11 is 0. The van der Waals surface area contributed by atoms with E-state index in [9.17, 15) is 9.59 Å². The largest absolute Gasteiger partial charge is 0.496 e. The molecule has 2 aliphatic rings. The van der Waals surface area contributed by atoms with Crippen LogP contribution in [0.15, 0.2) is 47.6 Å². The number of methoxy groups -OCH3 is 3. The zero-order chi connectivity index (χ0) is 25.2. The standard InChI is InChI=1S/C27H33N3O5/c1-27(2)17-21(18-10-11-23(34-4)24(16-18)35-5)28-30(26(27)32)19-12-14-29(15-13-19)25(31)20-8-6-7-9-22(20)33-3/h6-11,16,19H,12-15,17H2,1-5H3. The maximum absolute atomic E-state index is 13.3. The number of amides is 2. The number of para-hydroxylation sites is 1. The third-order valence-electron chi connectivity index (χ3n) is 6.78. The van der Waals surface area contributed by atoms with Crippen molar-refractivity contribution in [1.82, 2.24) is 9.91 Å². The fourth-order valence-electron chi connectivity index (χ4n) is 4.74. The molecule has 0 N–H and O–H groups in total. The van der Waals surface area contributed by atoms with Crippen LogP contribution >= 0.6 is 0 Å². The number of piperidine rings is 1. The van der Waals surface area contributed by atoms with Gasteiger partial charge in [-0.25, -0.2) is 5.01 Å². The van der Waals surface area contributed by atoms with Crippen molar-refractivity contribution in [3.8, 4) is 17.2 Å². The summed E-state index contributed by atoms with van der Waals surface area (Å²) in [5.74, 6) is 1.79. The molecular weight excluding hydrogens is 446 g/mol. The number of nitrogens with zero attached hydrogens (tertiary/aromatic N) is 3. The lowest BCUT2D eigenvalue weighted by Gasteiger charge is -2.42. The third-order valence-corrected chi connectivity index (χ3v) is 6.78. The number of rotatable bonds is 6. The molecule has 35 heavy (non-hydrogen) atoms. The molecular formula is C27H33N3O5. The molecule has 0 bridgehead atoms. The fourth-order valence-corrected chi connectivity index (χ4v) is 4.74. The molecule has 186 valence electrons. The van der Waals surface area contributed by atoms with Gasteiger partial charge in [0.15, 0.2) is 11.5 Å². The number of hydrogen-bond donors (Lipinski definition) is 0. The molecule has 0 aromatic heterocycles. The Labute approximate surface area is 206 Å². The molecule has 4 rings (SSSR count). The first-order valence-corrected chi connectivity index (χ1v) is 11.8. The van der Waals surface area contributed by atoms with Gasteiger partial charge in [0.1, 0.15) is 5.75 Å². The Bertz CT molecular complexity index is 1140. The normalized spacial score (nSPS) is 18.2. The Morgan fingerprint density at radius 3 is 2.26 bits per heavy atom. The third kappa shape index (κ3) is 4.83. The summed E-state index contributed by atoms with van der Waals surface area (Å²) in [6.45, 7) is 5.01. The number of hydrazone groups is 1. The van der Waals surface area contributed by atoms with Gasteiger partial charge in [0.25, 0.3) is 5.91 Å². The highest BCUT2D eigenvalue weighted by Crippen LogP contribution is 2.36. The second kappa shape index (κ2) is 9.98. The average Bonchev–Trinajstić information content (AvgIpc) is 2.89. The highest BCUT2D eigenvalue weighted by atomic mass is 16.5. The number of carbonyl (C=O) groups excluding carboxylic acids is 2. The SMILES string of the molecule is COc1ccc(C2=NN(C3CCN(C(=O)c4ccccc4OC)CC3)C(=O)C(C)(C)C2)cc1OC. The molecule has 0 radical (unpaired) electrons. The predicted octanol–water partition coefficient (Wildman–Crippen LogP) is 3.98. The van der Waals surface area contributed by atoms with Crippen LogP contribution in [-0.4, -0.2) is 67.9 Å². The fraction of sp³-hybridized carbons (Fsp3) is 0.444. The van der Waals surface area contributed by atoms with E-state index in [2.05, 4.69) is 0 Å². The van der Waals surface area contributed by atoms with Gasteiger partial charge in [0.2, 0.25) is 5.91 Å². The summed E-state index contributed by atoms with van der Waals surface area (Å²) in [7, 11) is 4.77. The molecule has 8 heteroatoms. The number of likely N-dealkylation sites (tertiary alicyclic amines) is 1. The summed E-state index contributed by atoms with van der Waals surface area (Å²) in [6.07, 6.45) is 1.85. The molecule has 2 aliphatic heterocycles. The van der Waals surface area contributed by atoms with Crippen LogP contribution in [0, 0.1) is 5.41 Å². The van der Waals surface area contributed by atoms with Crippen molar-refractivity contribution in [2.75, 3.05) is 34.4 Å². The van der Waals surface area contributed by atoms with Gasteiger partial charge < -0.3 is 19.1 Å². The van der Waals surface area contributed by atoms with Crippen LogP contribution in [-0.2, 0) is 4.79 Å². The first kappa shape index (κ1) is 24.6. The highest BCUT2D eigenvalue weighted by Gasteiger charge is 2.42. The summed E-state index contributed by atoms with van der Waals surface area (Å²) in [4.78, 5) is 28.3. The van der Waals surface area contributed by atoms with Crippen LogP contribution in [0.3, 0.4) is 0 Å². The molecule has 8 nitrogen and oxygen atoms in total. The molecule has 0 unspecified atom stereocenters. The Kier molecular flexibility index (Phi) is 7.00. The van der Waals surface area contributed by atoms with Crippen molar-refractivity contribution in [3.63, 3.8) is 0 Å². The van der Waals surface area contributed by atoms with E-state index in [0.717, 1.165) is 11.3 Å². The Morgan fingerprint density at radius 1 is 0.943 bits per heavy atom. The molecule has 2 heterocycles. The number of hydrogen-bond acceptors (Lipinski definition) is 6. The molecule has 2 aromatic carbocycles. The van der Waals surface area contributed by atoms with Crippen LogP contribution in [0.25, 0.3) is 0 Å². The Hall–Kier alpha value is -3.55. The van der Waals surface area contributed by atoms with E-state index in [1.165, 1.54) is 0 Å². The van der Waals surface area contributed by atoms with Gasteiger partial charge in [-0.3, -0.25) is 9.59 Å². The van der Waals surface area contributed by atoms with Gasteiger partial charge in [-0.15, -0.1) is 0 Å². The summed E-state index contributed by atoms with van der Waals surface area (Å²) in [6, 6.07) is 12.9. The number of ether oxygens (including phenoxy) is 3. The minimum absolute atomic E-state index is 0.0104. The second-order valence-electron chi connectivity index (χ2n) is 9.55. The van der Waals surface area contributed by atoms with E-state index in [4.69, 9.17) is 19.3 Å². The van der Waals surface area contributed by atoms with E-state index >= 15 is 0 Å². The maximum atomic E-state index is 13.3. The molecule has 2 aromatic rings. The monoisotopic (exact) mass is 479 g/mol. The lowest BCUT2D eigenvalue weighted by molar-refractivity contribution is -0.144. The van der Waals surface area contributed by atoms with E-state index in [-0.39, 0.29) is 17.9 Å². The van der Waals surface area contributed by atoms with Crippen molar-refractivity contribution in [1.29, 1.82) is 0 Å². The zero-order valence-corrected chi connectivity index (χ0v) is 21.0. The van der Waals surface area contributed by atoms with Crippen LogP contribution < -0.4 is 14.2 Å². The van der Waals surface area contributed by atoms with E-state index in [1.807, 2.05) is 49.1 Å². The number of carbonyl (C=O) groups is 2. The quantitative estimate of drug-likeness (QED) is 0.626. The first-order chi connectivity index (χ1) is 16.8. The lowest BCUT2D eigenvalue weighted by Crippen LogP contribution is -2.52. The molecule has 0 atom stereocenters. The van der Waals surface area contributed by atoms with Crippen molar-refractivity contribution in [2.24, 2.45) is 10.5 Å². The van der Waals surface area contributed by atoms with Crippen molar-refractivity contribution in [3.05, 3.63) is 53.6 Å². The van der Waals surface area contributed by atoms with Crippen LogP contribution in [0.2, 0.25) is 0 Å². The molecule has 0 aliphatic carbocycles. The molecule has 2 amide bonds. The molecule has 1 fully saturated rings. The van der Waals surface area contributed by atoms with Gasteiger partial charge in [-0.2, -0.15) is 5.10 Å². The minimum Gasteiger partial charge on any atom is -0.496 e. The van der Waals surface area contributed by atoms with E-state index in [0.29, 0.717) is 55.2 Å². The highest BCUT2D eigenvalue weighted by molar-refractivity contribution is 6.06. The summed E-state index contributed by atoms with van der Waals surface area (Å²) < 4.78 is 16.2. The molecule has 0 saturated carbocycles.